The van der Waals surface area contributed by atoms with E-state index in [2.05, 4.69) is 20.8 Å². The topological polar surface area (TPSA) is 85.3 Å². The number of carbonyl (C=O) groups excluding carboxylic acids is 2. The second-order valence-electron chi connectivity index (χ2n) is 11.2. The maximum absolute atomic E-state index is 13.8. The quantitative estimate of drug-likeness (QED) is 0.182. The van der Waals surface area contributed by atoms with E-state index in [0.29, 0.717) is 47.3 Å². The van der Waals surface area contributed by atoms with E-state index in [1.165, 1.54) is 4.90 Å². The summed E-state index contributed by atoms with van der Waals surface area (Å²) in [5, 5.41) is 11.8. The standard InChI is InChI=1S/C34H39NO6/c1-9-40-26-15-14-23(18-24(26)34(5,6)7)31(36)29-30(22-13-16-27(39-8)28(19-22)41-10-2)35(33(38)32(29)37)25-17-20(3)11-12-21(25)4/h11-19,30,36H,9-10H2,1-8H3/b31-29+. The number of anilines is 1. The molecule has 7 heteroatoms. The number of hydrogen-bond donors (Lipinski definition) is 1. The number of ketones is 1. The molecule has 1 amide bonds. The van der Waals surface area contributed by atoms with Crippen molar-refractivity contribution in [2.45, 2.75) is 59.9 Å². The first kappa shape index (κ1) is 29.7. The van der Waals surface area contributed by atoms with Crippen LogP contribution in [-0.4, -0.2) is 37.1 Å². The molecule has 1 heterocycles. The summed E-state index contributed by atoms with van der Waals surface area (Å²) in [6.45, 7) is 14.7. The van der Waals surface area contributed by atoms with Crippen molar-refractivity contribution in [2.75, 3.05) is 25.2 Å². The first-order valence-corrected chi connectivity index (χ1v) is 13.9. The Labute approximate surface area is 242 Å². The van der Waals surface area contributed by atoms with Crippen LogP contribution in [0.25, 0.3) is 5.76 Å². The lowest BCUT2D eigenvalue weighted by molar-refractivity contribution is -0.132. The molecule has 0 aromatic heterocycles. The molecule has 4 rings (SSSR count). The van der Waals surface area contributed by atoms with Crippen LogP contribution in [0.4, 0.5) is 5.69 Å². The summed E-state index contributed by atoms with van der Waals surface area (Å²) in [5.41, 5.74) is 4.01. The van der Waals surface area contributed by atoms with E-state index in [0.717, 1.165) is 16.7 Å². The zero-order valence-electron chi connectivity index (χ0n) is 25.1. The summed E-state index contributed by atoms with van der Waals surface area (Å²) in [5.74, 6) is 0.00840. The number of amides is 1. The Bertz CT molecular complexity index is 1510. The minimum atomic E-state index is -0.898. The molecule has 216 valence electrons. The van der Waals surface area contributed by atoms with Gasteiger partial charge in [-0.3, -0.25) is 14.5 Å². The summed E-state index contributed by atoms with van der Waals surface area (Å²) in [4.78, 5) is 29.0. The first-order chi connectivity index (χ1) is 19.4. The monoisotopic (exact) mass is 557 g/mol. The number of methoxy groups -OCH3 is 1. The van der Waals surface area contributed by atoms with Crippen molar-refractivity contribution in [1.29, 1.82) is 0 Å². The highest BCUT2D eigenvalue weighted by Gasteiger charge is 2.47. The molecule has 1 unspecified atom stereocenters. The van der Waals surface area contributed by atoms with Crippen LogP contribution in [0.15, 0.2) is 60.2 Å². The van der Waals surface area contributed by atoms with Crippen molar-refractivity contribution in [2.24, 2.45) is 0 Å². The van der Waals surface area contributed by atoms with Gasteiger partial charge in [0.1, 0.15) is 11.5 Å². The molecule has 41 heavy (non-hydrogen) atoms. The number of aliphatic hydroxyl groups excluding tert-OH is 1. The summed E-state index contributed by atoms with van der Waals surface area (Å²) in [6, 6.07) is 15.5. The van der Waals surface area contributed by atoms with Crippen molar-refractivity contribution >= 4 is 23.1 Å². The highest BCUT2D eigenvalue weighted by molar-refractivity contribution is 6.51. The third-order valence-electron chi connectivity index (χ3n) is 7.23. The van der Waals surface area contributed by atoms with Crippen LogP contribution in [0.1, 0.15) is 68.5 Å². The van der Waals surface area contributed by atoms with Crippen molar-refractivity contribution in [3.05, 3.63) is 88.0 Å². The van der Waals surface area contributed by atoms with Crippen LogP contribution >= 0.6 is 0 Å². The largest absolute Gasteiger partial charge is 0.507 e. The van der Waals surface area contributed by atoms with Gasteiger partial charge in [0, 0.05) is 16.8 Å². The van der Waals surface area contributed by atoms with E-state index in [-0.39, 0.29) is 16.7 Å². The number of aliphatic hydroxyl groups is 1. The lowest BCUT2D eigenvalue weighted by Crippen LogP contribution is -2.30. The molecular weight excluding hydrogens is 518 g/mol. The van der Waals surface area contributed by atoms with Gasteiger partial charge in [-0.05, 0) is 86.2 Å². The lowest BCUT2D eigenvalue weighted by atomic mass is 9.84. The predicted octanol–water partition coefficient (Wildman–Crippen LogP) is 7.03. The van der Waals surface area contributed by atoms with Crippen LogP contribution in [0, 0.1) is 13.8 Å². The Morgan fingerprint density at radius 3 is 2.17 bits per heavy atom. The van der Waals surface area contributed by atoms with Gasteiger partial charge in [0.15, 0.2) is 11.5 Å². The number of carbonyl (C=O) groups is 2. The third kappa shape index (κ3) is 5.67. The Morgan fingerprint density at radius 1 is 0.878 bits per heavy atom. The van der Waals surface area contributed by atoms with Crippen LogP contribution < -0.4 is 19.1 Å². The molecule has 0 aliphatic carbocycles. The molecule has 1 fully saturated rings. The second-order valence-corrected chi connectivity index (χ2v) is 11.2. The fourth-order valence-corrected chi connectivity index (χ4v) is 5.21. The van der Waals surface area contributed by atoms with E-state index in [1.54, 1.807) is 37.4 Å². The number of benzene rings is 3. The Kier molecular flexibility index (Phi) is 8.47. The molecule has 0 spiro atoms. The molecule has 1 saturated heterocycles. The van der Waals surface area contributed by atoms with Crippen molar-refractivity contribution in [1.82, 2.24) is 0 Å². The van der Waals surface area contributed by atoms with E-state index < -0.39 is 17.7 Å². The fourth-order valence-electron chi connectivity index (χ4n) is 5.21. The summed E-state index contributed by atoms with van der Waals surface area (Å²) in [6.07, 6.45) is 0. The van der Waals surface area contributed by atoms with Gasteiger partial charge in [0.25, 0.3) is 11.7 Å². The van der Waals surface area contributed by atoms with Crippen LogP contribution in [0.5, 0.6) is 17.2 Å². The van der Waals surface area contributed by atoms with Gasteiger partial charge in [0.05, 0.1) is 31.9 Å². The molecule has 1 aliphatic heterocycles. The molecule has 1 N–H and O–H groups in total. The average Bonchev–Trinajstić information content (AvgIpc) is 3.19. The molecule has 3 aromatic carbocycles. The molecule has 3 aromatic rings. The van der Waals surface area contributed by atoms with Gasteiger partial charge in [-0.25, -0.2) is 0 Å². The highest BCUT2D eigenvalue weighted by Crippen LogP contribution is 2.45. The fraction of sp³-hybridized carbons (Fsp3) is 0.353. The van der Waals surface area contributed by atoms with E-state index in [1.807, 2.05) is 52.0 Å². The number of rotatable bonds is 8. The maximum atomic E-state index is 13.8. The predicted molar refractivity (Wildman–Crippen MR) is 161 cm³/mol. The zero-order valence-corrected chi connectivity index (χ0v) is 25.1. The molecule has 0 radical (unpaired) electrons. The van der Waals surface area contributed by atoms with Gasteiger partial charge in [0.2, 0.25) is 0 Å². The SMILES string of the molecule is CCOc1cc(C2/C(=C(\O)c3ccc(OCC)c(C(C)(C)C)c3)C(=O)C(=O)N2c2cc(C)ccc2C)ccc1OC. The zero-order chi connectivity index (χ0) is 30.1. The summed E-state index contributed by atoms with van der Waals surface area (Å²) >= 11 is 0. The van der Waals surface area contributed by atoms with Crippen molar-refractivity contribution in [3.8, 4) is 17.2 Å². The lowest BCUT2D eigenvalue weighted by Gasteiger charge is -2.28. The molecule has 1 atom stereocenters. The second kappa shape index (κ2) is 11.7. The molecule has 7 nitrogen and oxygen atoms in total. The molecular formula is C34H39NO6. The smallest absolute Gasteiger partial charge is 0.300 e. The van der Waals surface area contributed by atoms with Gasteiger partial charge < -0.3 is 19.3 Å². The van der Waals surface area contributed by atoms with E-state index in [4.69, 9.17) is 14.2 Å². The highest BCUT2D eigenvalue weighted by atomic mass is 16.5. The number of aryl methyl sites for hydroxylation is 2. The van der Waals surface area contributed by atoms with Crippen molar-refractivity contribution in [3.63, 3.8) is 0 Å². The van der Waals surface area contributed by atoms with Gasteiger partial charge in [-0.15, -0.1) is 0 Å². The molecule has 0 saturated carbocycles. The Morgan fingerprint density at radius 2 is 1.54 bits per heavy atom. The van der Waals surface area contributed by atoms with E-state index >= 15 is 0 Å². The van der Waals surface area contributed by atoms with Crippen LogP contribution in [0.2, 0.25) is 0 Å². The third-order valence-corrected chi connectivity index (χ3v) is 7.23. The summed E-state index contributed by atoms with van der Waals surface area (Å²) < 4.78 is 17.2. The number of ether oxygens (including phenoxy) is 3. The number of hydrogen-bond acceptors (Lipinski definition) is 6. The average molecular weight is 558 g/mol. The van der Waals surface area contributed by atoms with Crippen LogP contribution in [-0.2, 0) is 15.0 Å². The molecule has 1 aliphatic rings. The Balaban J connectivity index is 2.01. The minimum Gasteiger partial charge on any atom is -0.507 e. The summed E-state index contributed by atoms with van der Waals surface area (Å²) in [7, 11) is 1.55. The van der Waals surface area contributed by atoms with E-state index in [9.17, 15) is 14.7 Å². The first-order valence-electron chi connectivity index (χ1n) is 13.9. The Hall–Kier alpha value is -4.26. The van der Waals surface area contributed by atoms with Gasteiger partial charge in [-0.1, -0.05) is 39.0 Å². The number of Topliss-reactive ketones (excluding diaryl/α,β-unsaturated/α-hetero) is 1. The number of nitrogens with zero attached hydrogens (tertiary/aromatic N) is 1. The normalized spacial score (nSPS) is 16.7. The van der Waals surface area contributed by atoms with Gasteiger partial charge >= 0.3 is 0 Å². The maximum Gasteiger partial charge on any atom is 0.300 e. The van der Waals surface area contributed by atoms with Crippen LogP contribution in [0.3, 0.4) is 0 Å². The minimum absolute atomic E-state index is 0.00698. The molecule has 0 bridgehead atoms. The van der Waals surface area contributed by atoms with Crippen molar-refractivity contribution < 1.29 is 28.9 Å². The van der Waals surface area contributed by atoms with Gasteiger partial charge in [-0.2, -0.15) is 0 Å².